The van der Waals surface area contributed by atoms with Gasteiger partial charge in [-0.25, -0.2) is 0 Å². The minimum Gasteiger partial charge on any atom is -0.345 e. The number of piperidine rings is 1. The first-order valence-corrected chi connectivity index (χ1v) is 6.02. The van der Waals surface area contributed by atoms with Crippen molar-refractivity contribution >= 4 is 5.91 Å². The van der Waals surface area contributed by atoms with E-state index in [2.05, 4.69) is 30.8 Å². The molecular weight excluding hydrogens is 220 g/mol. The third kappa shape index (κ3) is 3.48. The molecule has 1 fully saturated rings. The third-order valence-corrected chi connectivity index (χ3v) is 2.91. The van der Waals surface area contributed by atoms with Gasteiger partial charge in [0.2, 0.25) is 0 Å². The second kappa shape index (κ2) is 5.72. The van der Waals surface area contributed by atoms with Crippen molar-refractivity contribution in [2.24, 2.45) is 0 Å². The van der Waals surface area contributed by atoms with E-state index in [9.17, 15) is 4.79 Å². The number of carbonyl (C=O) groups excluding carboxylic acids is 1. The molecule has 94 valence electrons. The Morgan fingerprint density at radius 1 is 1.47 bits per heavy atom. The van der Waals surface area contributed by atoms with Gasteiger partial charge in [-0.15, -0.1) is 10.2 Å². The Morgan fingerprint density at radius 2 is 2.24 bits per heavy atom. The van der Waals surface area contributed by atoms with E-state index in [1.807, 2.05) is 6.92 Å². The molecule has 0 radical (unpaired) electrons. The summed E-state index contributed by atoms with van der Waals surface area (Å²) in [7, 11) is 0. The first kappa shape index (κ1) is 12.0. The highest BCUT2D eigenvalue weighted by Gasteiger charge is 2.17. The third-order valence-electron chi connectivity index (χ3n) is 2.91. The van der Waals surface area contributed by atoms with E-state index in [1.54, 1.807) is 0 Å². The molecule has 1 aromatic rings. The van der Waals surface area contributed by atoms with Crippen LogP contribution in [0.1, 0.15) is 36.8 Å². The first-order chi connectivity index (χ1) is 8.25. The fraction of sp³-hybridized carbons (Fsp3) is 0.800. The fourth-order valence-electron chi connectivity index (χ4n) is 2.12. The molecule has 2 N–H and O–H groups in total. The quantitative estimate of drug-likeness (QED) is 0.759. The van der Waals surface area contributed by atoms with Crippen LogP contribution in [0, 0.1) is 0 Å². The SMILES string of the molecule is CC(CN1CCCCC1)NC(=O)c1nn[nH]n1. The summed E-state index contributed by atoms with van der Waals surface area (Å²) in [5, 5.41) is 15.8. The summed E-state index contributed by atoms with van der Waals surface area (Å²) in [6, 6.07) is 0.0964. The number of carbonyl (C=O) groups is 1. The molecule has 1 aliphatic heterocycles. The Bertz CT molecular complexity index is 346. The highest BCUT2D eigenvalue weighted by atomic mass is 16.2. The van der Waals surface area contributed by atoms with Crippen molar-refractivity contribution in [3.63, 3.8) is 0 Å². The van der Waals surface area contributed by atoms with Crippen molar-refractivity contribution < 1.29 is 4.79 Å². The van der Waals surface area contributed by atoms with Gasteiger partial charge >= 0.3 is 0 Å². The lowest BCUT2D eigenvalue weighted by Crippen LogP contribution is -2.43. The Labute approximate surface area is 100.0 Å². The van der Waals surface area contributed by atoms with Crippen LogP contribution in [-0.2, 0) is 0 Å². The molecule has 0 saturated carbocycles. The highest BCUT2D eigenvalue weighted by molar-refractivity contribution is 5.90. The van der Waals surface area contributed by atoms with Gasteiger partial charge in [0.25, 0.3) is 11.7 Å². The molecule has 1 aromatic heterocycles. The Hall–Kier alpha value is -1.50. The molecule has 0 aromatic carbocycles. The second-order valence-electron chi connectivity index (χ2n) is 4.47. The topological polar surface area (TPSA) is 86.8 Å². The van der Waals surface area contributed by atoms with Crippen molar-refractivity contribution in [2.45, 2.75) is 32.2 Å². The maximum atomic E-state index is 11.6. The van der Waals surface area contributed by atoms with E-state index in [0.29, 0.717) is 0 Å². The normalized spacial score (nSPS) is 18.9. The molecule has 0 spiro atoms. The minimum atomic E-state index is -0.275. The monoisotopic (exact) mass is 238 g/mol. The van der Waals surface area contributed by atoms with Gasteiger partial charge in [0, 0.05) is 12.6 Å². The maximum Gasteiger partial charge on any atom is 0.293 e. The van der Waals surface area contributed by atoms with Crippen LogP contribution < -0.4 is 5.32 Å². The lowest BCUT2D eigenvalue weighted by atomic mass is 10.1. The number of hydrogen-bond acceptors (Lipinski definition) is 5. The van der Waals surface area contributed by atoms with E-state index in [4.69, 9.17) is 0 Å². The van der Waals surface area contributed by atoms with Crippen molar-refractivity contribution in [3.8, 4) is 0 Å². The highest BCUT2D eigenvalue weighted by Crippen LogP contribution is 2.08. The van der Waals surface area contributed by atoms with Crippen LogP contribution in [-0.4, -0.2) is 57.1 Å². The van der Waals surface area contributed by atoms with Gasteiger partial charge < -0.3 is 10.2 Å². The van der Waals surface area contributed by atoms with Crippen LogP contribution in [0.5, 0.6) is 0 Å². The summed E-state index contributed by atoms with van der Waals surface area (Å²) in [5.41, 5.74) is 0. The van der Waals surface area contributed by atoms with Crippen LogP contribution in [0.25, 0.3) is 0 Å². The summed E-state index contributed by atoms with van der Waals surface area (Å²) in [6.45, 7) is 5.13. The zero-order chi connectivity index (χ0) is 12.1. The van der Waals surface area contributed by atoms with Gasteiger partial charge in [-0.1, -0.05) is 6.42 Å². The van der Waals surface area contributed by atoms with E-state index >= 15 is 0 Å². The van der Waals surface area contributed by atoms with Crippen molar-refractivity contribution in [2.75, 3.05) is 19.6 Å². The number of rotatable bonds is 4. The minimum absolute atomic E-state index is 0.0931. The Balaban J connectivity index is 1.76. The molecule has 7 nitrogen and oxygen atoms in total. The molecule has 2 rings (SSSR count). The van der Waals surface area contributed by atoms with Crippen molar-refractivity contribution in [1.29, 1.82) is 0 Å². The number of tetrazole rings is 1. The fourth-order valence-corrected chi connectivity index (χ4v) is 2.12. The molecule has 1 atom stereocenters. The van der Waals surface area contributed by atoms with Gasteiger partial charge in [0.05, 0.1) is 0 Å². The standard InChI is InChI=1S/C10H18N6O/c1-8(7-16-5-3-2-4-6-16)11-10(17)9-12-14-15-13-9/h8H,2-7H2,1H3,(H,11,17)(H,12,13,14,15). The molecule has 1 unspecified atom stereocenters. The van der Waals surface area contributed by atoms with Crippen molar-refractivity contribution in [3.05, 3.63) is 5.82 Å². The predicted octanol–water partition coefficient (Wildman–Crippen LogP) is -0.196. The molecule has 7 heteroatoms. The van der Waals surface area contributed by atoms with Gasteiger partial charge in [-0.05, 0) is 38.1 Å². The molecule has 1 aliphatic rings. The number of aromatic amines is 1. The molecule has 0 bridgehead atoms. The summed E-state index contributed by atoms with van der Waals surface area (Å²) >= 11 is 0. The molecule has 1 saturated heterocycles. The van der Waals surface area contributed by atoms with E-state index in [1.165, 1.54) is 19.3 Å². The number of nitrogens with one attached hydrogen (secondary N) is 2. The van der Waals surface area contributed by atoms with E-state index in [-0.39, 0.29) is 17.8 Å². The van der Waals surface area contributed by atoms with Crippen molar-refractivity contribution in [1.82, 2.24) is 30.8 Å². The predicted molar refractivity (Wildman–Crippen MR) is 61.4 cm³/mol. The number of likely N-dealkylation sites (tertiary alicyclic amines) is 1. The average Bonchev–Trinajstić information content (AvgIpc) is 2.83. The van der Waals surface area contributed by atoms with Gasteiger partial charge in [-0.3, -0.25) is 4.79 Å². The average molecular weight is 238 g/mol. The summed E-state index contributed by atoms with van der Waals surface area (Å²) in [5.74, 6) is -0.182. The number of amides is 1. The summed E-state index contributed by atoms with van der Waals surface area (Å²) < 4.78 is 0. The van der Waals surface area contributed by atoms with E-state index in [0.717, 1.165) is 19.6 Å². The lowest BCUT2D eigenvalue weighted by molar-refractivity contribution is 0.0915. The zero-order valence-electron chi connectivity index (χ0n) is 10.0. The Kier molecular flexibility index (Phi) is 4.03. The molecule has 1 amide bonds. The number of H-pyrrole nitrogens is 1. The van der Waals surface area contributed by atoms with E-state index < -0.39 is 0 Å². The van der Waals surface area contributed by atoms with Crippen LogP contribution in [0.15, 0.2) is 0 Å². The largest absolute Gasteiger partial charge is 0.345 e. The second-order valence-corrected chi connectivity index (χ2v) is 4.47. The van der Waals surface area contributed by atoms with Gasteiger partial charge in [0.1, 0.15) is 0 Å². The first-order valence-electron chi connectivity index (χ1n) is 6.02. The summed E-state index contributed by atoms with van der Waals surface area (Å²) in [4.78, 5) is 14.0. The number of nitrogens with zero attached hydrogens (tertiary/aromatic N) is 4. The van der Waals surface area contributed by atoms with Crippen LogP contribution in [0.2, 0.25) is 0 Å². The van der Waals surface area contributed by atoms with Gasteiger partial charge in [0.15, 0.2) is 0 Å². The maximum absolute atomic E-state index is 11.6. The van der Waals surface area contributed by atoms with Crippen LogP contribution in [0.4, 0.5) is 0 Å². The Morgan fingerprint density at radius 3 is 2.88 bits per heavy atom. The molecule has 2 heterocycles. The smallest absolute Gasteiger partial charge is 0.293 e. The van der Waals surface area contributed by atoms with Crippen LogP contribution in [0.3, 0.4) is 0 Å². The molecular formula is C10H18N6O. The number of aromatic nitrogens is 4. The van der Waals surface area contributed by atoms with Gasteiger partial charge in [-0.2, -0.15) is 5.21 Å². The summed E-state index contributed by atoms with van der Waals surface area (Å²) in [6.07, 6.45) is 3.83. The zero-order valence-corrected chi connectivity index (χ0v) is 10.0. The molecule has 17 heavy (non-hydrogen) atoms. The molecule has 0 aliphatic carbocycles. The van der Waals surface area contributed by atoms with Crippen LogP contribution >= 0.6 is 0 Å². The lowest BCUT2D eigenvalue weighted by Gasteiger charge is -2.29. The number of hydrogen-bond donors (Lipinski definition) is 2.